The summed E-state index contributed by atoms with van der Waals surface area (Å²) >= 11 is 1.26. The van der Waals surface area contributed by atoms with Crippen molar-refractivity contribution in [2.75, 3.05) is 16.4 Å². The lowest BCUT2D eigenvalue weighted by Crippen LogP contribution is -2.15. The fraction of sp³-hybridized carbons (Fsp3) is 0.105. The number of carbonyl (C=O) groups is 3. The van der Waals surface area contributed by atoms with Gasteiger partial charge in [0.25, 0.3) is 5.69 Å². The van der Waals surface area contributed by atoms with Crippen LogP contribution in [-0.4, -0.2) is 33.6 Å². The highest BCUT2D eigenvalue weighted by molar-refractivity contribution is 8.00. The predicted molar refractivity (Wildman–Crippen MR) is 109 cm³/mol. The second-order valence-corrected chi connectivity index (χ2v) is 6.83. The minimum atomic E-state index is -1.22. The number of thioether (sulfide) groups is 1. The van der Waals surface area contributed by atoms with E-state index in [1.807, 2.05) is 0 Å². The summed E-state index contributed by atoms with van der Waals surface area (Å²) in [6.45, 7) is 1.74. The first-order valence-corrected chi connectivity index (χ1v) is 9.23. The summed E-state index contributed by atoms with van der Waals surface area (Å²) in [6.07, 6.45) is 1.65. The van der Waals surface area contributed by atoms with Crippen molar-refractivity contribution in [3.05, 3.63) is 70.3 Å². The van der Waals surface area contributed by atoms with Crippen LogP contribution in [-0.2, 0) is 14.4 Å². The predicted octanol–water partition coefficient (Wildman–Crippen LogP) is 3.21. The number of carboxylic acids is 1. The molecule has 0 fully saturated rings. The number of hydrogen-bond acceptors (Lipinski definition) is 6. The molecule has 0 bridgehead atoms. The van der Waals surface area contributed by atoms with E-state index in [-0.39, 0.29) is 17.3 Å². The van der Waals surface area contributed by atoms with Crippen molar-refractivity contribution in [1.29, 1.82) is 0 Å². The third-order valence-corrected chi connectivity index (χ3v) is 4.59. The molecule has 2 rings (SSSR count). The van der Waals surface area contributed by atoms with Gasteiger partial charge in [-0.3, -0.25) is 19.7 Å². The lowest BCUT2D eigenvalue weighted by atomic mass is 10.2. The van der Waals surface area contributed by atoms with Crippen LogP contribution in [0.2, 0.25) is 0 Å². The summed E-state index contributed by atoms with van der Waals surface area (Å²) in [7, 11) is 0. The molecule has 3 N–H and O–H groups in total. The Hall–Kier alpha value is -3.66. The Balaban J connectivity index is 1.89. The van der Waals surface area contributed by atoms with Crippen molar-refractivity contribution in [1.82, 2.24) is 0 Å². The van der Waals surface area contributed by atoms with Crippen molar-refractivity contribution in [2.24, 2.45) is 0 Å². The van der Waals surface area contributed by atoms with Crippen LogP contribution in [0.5, 0.6) is 0 Å². The number of nitrogens with zero attached hydrogens (tertiary/aromatic N) is 1. The number of carboxylic acid groups (broad SMARTS) is 1. The van der Waals surface area contributed by atoms with Crippen LogP contribution in [0.25, 0.3) is 0 Å². The Morgan fingerprint density at radius 1 is 1.10 bits per heavy atom. The Morgan fingerprint density at radius 2 is 1.79 bits per heavy atom. The standard InChI is InChI=1S/C19H17N3O6S/c1-12-2-5-14(22(27)28)10-16(12)21-18(24)11-29-15-6-3-13(4-7-15)20-17(23)8-9-19(25)26/h2-10H,11H2,1H3,(H,20,23)(H,21,24)(H,25,26)/b9-8+. The summed E-state index contributed by atoms with van der Waals surface area (Å²) < 4.78 is 0. The zero-order valence-electron chi connectivity index (χ0n) is 15.2. The minimum absolute atomic E-state index is 0.0924. The molecule has 0 aliphatic heterocycles. The molecular weight excluding hydrogens is 398 g/mol. The van der Waals surface area contributed by atoms with Crippen LogP contribution in [0, 0.1) is 17.0 Å². The van der Waals surface area contributed by atoms with Crippen molar-refractivity contribution < 1.29 is 24.4 Å². The third-order valence-electron chi connectivity index (χ3n) is 3.58. The average Bonchev–Trinajstić information content (AvgIpc) is 2.67. The summed E-state index contributed by atoms with van der Waals surface area (Å²) in [5, 5.41) is 24.5. The third kappa shape index (κ3) is 7.11. The van der Waals surface area contributed by atoms with E-state index in [0.717, 1.165) is 17.0 Å². The number of aliphatic carboxylic acids is 1. The Labute approximate surface area is 170 Å². The second kappa shape index (κ2) is 10.0. The van der Waals surface area contributed by atoms with Gasteiger partial charge in [-0.1, -0.05) is 6.07 Å². The molecule has 10 heteroatoms. The number of non-ortho nitro benzene ring substituents is 1. The van der Waals surface area contributed by atoms with E-state index in [2.05, 4.69) is 10.6 Å². The molecule has 0 saturated heterocycles. The highest BCUT2D eigenvalue weighted by Gasteiger charge is 2.11. The Bertz CT molecular complexity index is 972. The zero-order valence-corrected chi connectivity index (χ0v) is 16.1. The fourth-order valence-electron chi connectivity index (χ4n) is 2.16. The summed E-state index contributed by atoms with van der Waals surface area (Å²) in [6, 6.07) is 10.9. The van der Waals surface area contributed by atoms with Crippen LogP contribution in [0.4, 0.5) is 17.1 Å². The maximum Gasteiger partial charge on any atom is 0.328 e. The van der Waals surface area contributed by atoms with Crippen LogP contribution < -0.4 is 10.6 Å². The van der Waals surface area contributed by atoms with Gasteiger partial charge in [-0.2, -0.15) is 0 Å². The van der Waals surface area contributed by atoms with E-state index in [1.165, 1.54) is 23.9 Å². The number of amides is 2. The number of nitro benzene ring substituents is 1. The molecule has 29 heavy (non-hydrogen) atoms. The van der Waals surface area contributed by atoms with Crippen molar-refractivity contribution in [3.63, 3.8) is 0 Å². The first kappa shape index (κ1) is 21.6. The summed E-state index contributed by atoms with van der Waals surface area (Å²) in [5.41, 5.74) is 1.48. The quantitative estimate of drug-likeness (QED) is 0.260. The average molecular weight is 415 g/mol. The van der Waals surface area contributed by atoms with Gasteiger partial charge in [0.1, 0.15) is 0 Å². The maximum atomic E-state index is 12.1. The molecule has 0 radical (unpaired) electrons. The van der Waals surface area contributed by atoms with Crippen molar-refractivity contribution in [2.45, 2.75) is 11.8 Å². The number of nitro groups is 1. The van der Waals surface area contributed by atoms with Gasteiger partial charge in [-0.05, 0) is 36.8 Å². The second-order valence-electron chi connectivity index (χ2n) is 5.78. The van der Waals surface area contributed by atoms with E-state index in [1.54, 1.807) is 37.3 Å². The van der Waals surface area contributed by atoms with Crippen molar-refractivity contribution >= 4 is 46.6 Å². The van der Waals surface area contributed by atoms with Crippen LogP contribution >= 0.6 is 11.8 Å². The number of rotatable bonds is 8. The molecule has 0 unspecified atom stereocenters. The number of aryl methyl sites for hydroxylation is 1. The number of carbonyl (C=O) groups excluding carboxylic acids is 2. The largest absolute Gasteiger partial charge is 0.478 e. The van der Waals surface area contributed by atoms with E-state index in [4.69, 9.17) is 5.11 Å². The highest BCUT2D eigenvalue weighted by Crippen LogP contribution is 2.24. The lowest BCUT2D eigenvalue weighted by Gasteiger charge is -2.08. The molecule has 0 heterocycles. The molecular formula is C19H17N3O6S. The van der Waals surface area contributed by atoms with E-state index in [9.17, 15) is 24.5 Å². The first-order valence-electron chi connectivity index (χ1n) is 8.24. The molecule has 0 aromatic heterocycles. The monoisotopic (exact) mass is 415 g/mol. The maximum absolute atomic E-state index is 12.1. The summed E-state index contributed by atoms with van der Waals surface area (Å²) in [5.74, 6) is -2.00. The van der Waals surface area contributed by atoms with E-state index >= 15 is 0 Å². The van der Waals surface area contributed by atoms with Gasteiger partial charge in [0.2, 0.25) is 11.8 Å². The van der Waals surface area contributed by atoms with Gasteiger partial charge >= 0.3 is 5.97 Å². The summed E-state index contributed by atoms with van der Waals surface area (Å²) in [4.78, 5) is 45.1. The molecule has 2 amide bonds. The van der Waals surface area contributed by atoms with Crippen molar-refractivity contribution in [3.8, 4) is 0 Å². The normalized spacial score (nSPS) is 10.5. The topological polar surface area (TPSA) is 139 Å². The Morgan fingerprint density at radius 3 is 2.41 bits per heavy atom. The number of anilines is 2. The van der Waals surface area contributed by atoms with E-state index < -0.39 is 16.8 Å². The van der Waals surface area contributed by atoms with Crippen LogP contribution in [0.15, 0.2) is 59.5 Å². The fourth-order valence-corrected chi connectivity index (χ4v) is 2.86. The van der Waals surface area contributed by atoms with Gasteiger partial charge in [0.05, 0.1) is 16.4 Å². The van der Waals surface area contributed by atoms with Gasteiger partial charge in [0.15, 0.2) is 0 Å². The van der Waals surface area contributed by atoms with Gasteiger partial charge < -0.3 is 15.7 Å². The SMILES string of the molecule is Cc1ccc([N+](=O)[O-])cc1NC(=O)CSc1ccc(NC(=O)/C=C/C(=O)O)cc1. The molecule has 150 valence electrons. The molecule has 0 aliphatic carbocycles. The molecule has 0 atom stereocenters. The van der Waals surface area contributed by atoms with Gasteiger partial charge in [-0.25, -0.2) is 4.79 Å². The van der Waals surface area contributed by atoms with Crippen LogP contribution in [0.3, 0.4) is 0 Å². The molecule has 0 aliphatic rings. The number of benzene rings is 2. The van der Waals surface area contributed by atoms with Gasteiger partial charge in [-0.15, -0.1) is 11.8 Å². The molecule has 9 nitrogen and oxygen atoms in total. The molecule has 2 aromatic carbocycles. The molecule has 0 spiro atoms. The molecule has 0 saturated carbocycles. The minimum Gasteiger partial charge on any atom is -0.478 e. The Kier molecular flexibility index (Phi) is 7.49. The zero-order chi connectivity index (χ0) is 21.4. The lowest BCUT2D eigenvalue weighted by molar-refractivity contribution is -0.384. The highest BCUT2D eigenvalue weighted by atomic mass is 32.2. The van der Waals surface area contributed by atoms with E-state index in [0.29, 0.717) is 16.9 Å². The van der Waals surface area contributed by atoms with Crippen LogP contribution in [0.1, 0.15) is 5.56 Å². The number of nitrogens with one attached hydrogen (secondary N) is 2. The number of hydrogen-bond donors (Lipinski definition) is 3. The molecule has 2 aromatic rings. The first-order chi connectivity index (χ1) is 13.7. The van der Waals surface area contributed by atoms with Gasteiger partial charge in [0, 0.05) is 34.9 Å². The smallest absolute Gasteiger partial charge is 0.328 e.